The zero-order valence-corrected chi connectivity index (χ0v) is 24.5. The summed E-state index contributed by atoms with van der Waals surface area (Å²) in [5.74, 6) is 0.128. The van der Waals surface area contributed by atoms with Crippen molar-refractivity contribution in [2.45, 2.75) is 90.1 Å². The van der Waals surface area contributed by atoms with Crippen LogP contribution in [0, 0.1) is 19.8 Å². The fourth-order valence-corrected chi connectivity index (χ4v) is 7.44. The second-order valence-corrected chi connectivity index (χ2v) is 12.3. The van der Waals surface area contributed by atoms with Crippen LogP contribution in [0.1, 0.15) is 96.1 Å². The maximum atomic E-state index is 13.9. The molecule has 2 N–H and O–H groups in total. The van der Waals surface area contributed by atoms with E-state index in [4.69, 9.17) is 4.98 Å². The van der Waals surface area contributed by atoms with E-state index in [1.54, 1.807) is 0 Å². The predicted molar refractivity (Wildman–Crippen MR) is 165 cm³/mol. The lowest BCUT2D eigenvalue weighted by molar-refractivity contribution is -0.125. The number of hydrogen-bond donors (Lipinski definition) is 2. The van der Waals surface area contributed by atoms with Crippen LogP contribution in [-0.4, -0.2) is 27.2 Å². The quantitative estimate of drug-likeness (QED) is 0.246. The fraction of sp³-hybridized carbons (Fsp3) is 0.444. The third-order valence-electron chi connectivity index (χ3n) is 9.43. The Bertz CT molecular complexity index is 1500. The second-order valence-electron chi connectivity index (χ2n) is 12.3. The monoisotopic (exact) mass is 549 g/mol. The summed E-state index contributed by atoms with van der Waals surface area (Å²) >= 11 is 0. The number of carbonyl (C=O) groups excluding carboxylic acids is 1. The predicted octanol–water partition coefficient (Wildman–Crippen LogP) is 7.09. The molecule has 0 spiro atoms. The Balaban J connectivity index is 1.29. The summed E-state index contributed by atoms with van der Waals surface area (Å²) in [6.07, 6.45) is 10.5. The molecule has 2 aliphatic carbocycles. The third-order valence-corrected chi connectivity index (χ3v) is 9.43. The molecule has 41 heavy (non-hydrogen) atoms. The van der Waals surface area contributed by atoms with Crippen LogP contribution in [0.25, 0.3) is 11.0 Å². The van der Waals surface area contributed by atoms with Gasteiger partial charge in [0.1, 0.15) is 5.65 Å². The van der Waals surface area contributed by atoms with Crippen molar-refractivity contribution in [3.8, 4) is 0 Å². The van der Waals surface area contributed by atoms with Crippen molar-refractivity contribution in [3.05, 3.63) is 99.9 Å². The lowest BCUT2D eigenvalue weighted by Gasteiger charge is -2.31. The molecule has 0 aliphatic heterocycles. The molecular weight excluding hydrogens is 506 g/mol. The highest BCUT2D eigenvalue weighted by atomic mass is 16.3. The molecular formula is C36H43N3O2. The number of hydrogen-bond acceptors (Lipinski definition) is 3. The first-order chi connectivity index (χ1) is 20.0. The van der Waals surface area contributed by atoms with Gasteiger partial charge in [-0.1, -0.05) is 73.9 Å². The van der Waals surface area contributed by atoms with Crippen LogP contribution in [0.4, 0.5) is 0 Å². The number of rotatable bonds is 8. The number of amides is 1. The van der Waals surface area contributed by atoms with Crippen LogP contribution in [0.15, 0.2) is 60.7 Å². The van der Waals surface area contributed by atoms with Crippen molar-refractivity contribution in [1.29, 1.82) is 0 Å². The molecule has 0 radical (unpaired) electrons. The first-order valence-corrected chi connectivity index (χ1v) is 15.6. The van der Waals surface area contributed by atoms with Crippen molar-refractivity contribution < 1.29 is 9.90 Å². The number of nitrogens with one attached hydrogen (secondary N) is 1. The number of carbonyl (C=O) groups is 1. The first-order valence-electron chi connectivity index (χ1n) is 15.6. The Morgan fingerprint density at radius 2 is 1.68 bits per heavy atom. The summed E-state index contributed by atoms with van der Waals surface area (Å²) < 4.78 is 2.45. The zero-order chi connectivity index (χ0) is 28.3. The van der Waals surface area contributed by atoms with Gasteiger partial charge in [-0.15, -0.1) is 0 Å². The maximum absolute atomic E-state index is 13.9. The van der Waals surface area contributed by atoms with Gasteiger partial charge in [0.05, 0.1) is 18.6 Å². The first kappa shape index (κ1) is 27.7. The van der Waals surface area contributed by atoms with Gasteiger partial charge in [-0.3, -0.25) is 4.79 Å². The Labute approximate surface area is 244 Å². The number of benzene rings is 2. The Morgan fingerprint density at radius 1 is 0.951 bits per heavy atom. The van der Waals surface area contributed by atoms with E-state index in [0.29, 0.717) is 5.92 Å². The summed E-state index contributed by atoms with van der Waals surface area (Å²) in [5.41, 5.74) is 9.71. The molecule has 1 amide bonds. The minimum Gasteiger partial charge on any atom is -0.394 e. The summed E-state index contributed by atoms with van der Waals surface area (Å²) in [5, 5.41) is 14.7. The van der Waals surface area contributed by atoms with E-state index in [1.165, 1.54) is 59.9 Å². The Kier molecular flexibility index (Phi) is 8.25. The summed E-state index contributed by atoms with van der Waals surface area (Å²) in [6.45, 7) is 4.99. The molecule has 0 saturated heterocycles. The number of aromatic nitrogens is 2. The number of nitrogens with zero attached hydrogens (tertiary/aromatic N) is 2. The normalized spacial score (nSPS) is 17.2. The highest BCUT2D eigenvalue weighted by molar-refractivity contribution is 5.86. The van der Waals surface area contributed by atoms with Gasteiger partial charge >= 0.3 is 0 Å². The van der Waals surface area contributed by atoms with Crippen LogP contribution >= 0.6 is 0 Å². The van der Waals surface area contributed by atoms with Crippen molar-refractivity contribution in [2.75, 3.05) is 6.61 Å². The molecule has 0 bridgehead atoms. The van der Waals surface area contributed by atoms with E-state index < -0.39 is 6.04 Å². The van der Waals surface area contributed by atoms with Gasteiger partial charge in [0.15, 0.2) is 0 Å². The SMILES string of the molecule is Cc1cc(C)c2c3c(n(Cc4ccc(C(C(=O)NC(CO)c5ccccc5)C5CCCCC5)cc4)c2n1)CCCC3. The van der Waals surface area contributed by atoms with E-state index in [1.807, 2.05) is 30.3 Å². The lowest BCUT2D eigenvalue weighted by Crippen LogP contribution is -2.38. The van der Waals surface area contributed by atoms with Crippen molar-refractivity contribution in [3.63, 3.8) is 0 Å². The molecule has 1 fully saturated rings. The number of aliphatic hydroxyl groups excluding tert-OH is 1. The van der Waals surface area contributed by atoms with E-state index in [9.17, 15) is 9.90 Å². The van der Waals surface area contributed by atoms with Gasteiger partial charge in [0, 0.05) is 23.3 Å². The maximum Gasteiger partial charge on any atom is 0.228 e. The molecule has 2 aromatic carbocycles. The standard InChI is InChI=1S/C36H43N3O2/c1-24-21-25(2)37-35-33(24)30-15-9-10-16-32(30)39(35)22-26-17-19-29(20-18-26)34(28-13-7-4-8-14-28)36(41)38-31(23-40)27-11-5-3-6-12-27/h3,5-6,11-12,17-21,28,31,34,40H,4,7-10,13-16,22-23H2,1-2H3,(H,38,41). The summed E-state index contributed by atoms with van der Waals surface area (Å²) in [4.78, 5) is 18.9. The number of aryl methyl sites for hydroxylation is 3. The van der Waals surface area contributed by atoms with Gasteiger partial charge in [-0.05, 0) is 92.2 Å². The van der Waals surface area contributed by atoms with Gasteiger partial charge < -0.3 is 15.0 Å². The molecule has 1 saturated carbocycles. The molecule has 4 aromatic rings. The molecule has 2 aromatic heterocycles. The zero-order valence-electron chi connectivity index (χ0n) is 24.5. The second kappa shape index (κ2) is 12.2. The van der Waals surface area contributed by atoms with E-state index >= 15 is 0 Å². The topological polar surface area (TPSA) is 67.2 Å². The molecule has 2 aliphatic rings. The third kappa shape index (κ3) is 5.70. The molecule has 5 nitrogen and oxygen atoms in total. The Morgan fingerprint density at radius 3 is 2.41 bits per heavy atom. The number of aliphatic hydroxyl groups is 1. The van der Waals surface area contributed by atoms with E-state index in [2.05, 4.69) is 54.1 Å². The van der Waals surface area contributed by atoms with Gasteiger partial charge in [-0.2, -0.15) is 0 Å². The van der Waals surface area contributed by atoms with Crippen LogP contribution in [-0.2, 0) is 24.2 Å². The van der Waals surface area contributed by atoms with Crippen LogP contribution < -0.4 is 5.32 Å². The minimum atomic E-state index is -0.401. The largest absolute Gasteiger partial charge is 0.394 e. The average molecular weight is 550 g/mol. The van der Waals surface area contributed by atoms with Gasteiger partial charge in [0.25, 0.3) is 0 Å². The fourth-order valence-electron chi connectivity index (χ4n) is 7.44. The molecule has 214 valence electrons. The molecule has 2 atom stereocenters. The lowest BCUT2D eigenvalue weighted by atomic mass is 9.76. The van der Waals surface area contributed by atoms with Crippen molar-refractivity contribution >= 4 is 16.9 Å². The minimum absolute atomic E-state index is 0.0215. The van der Waals surface area contributed by atoms with Crippen LogP contribution in [0.5, 0.6) is 0 Å². The van der Waals surface area contributed by atoms with E-state index in [-0.39, 0.29) is 18.4 Å². The molecule has 5 heteroatoms. The Hall–Kier alpha value is -3.44. The van der Waals surface area contributed by atoms with E-state index in [0.717, 1.165) is 54.7 Å². The highest BCUT2D eigenvalue weighted by Crippen LogP contribution is 2.38. The van der Waals surface area contributed by atoms with Crippen LogP contribution in [0.3, 0.4) is 0 Å². The van der Waals surface area contributed by atoms with Crippen LogP contribution in [0.2, 0.25) is 0 Å². The number of pyridine rings is 1. The highest BCUT2D eigenvalue weighted by Gasteiger charge is 2.32. The van der Waals surface area contributed by atoms with Crippen molar-refractivity contribution in [1.82, 2.24) is 14.9 Å². The molecule has 2 heterocycles. The van der Waals surface area contributed by atoms with Gasteiger partial charge in [-0.25, -0.2) is 4.98 Å². The molecule has 2 unspecified atom stereocenters. The average Bonchev–Trinajstić information content (AvgIpc) is 3.31. The summed E-state index contributed by atoms with van der Waals surface area (Å²) in [7, 11) is 0. The van der Waals surface area contributed by atoms with Crippen molar-refractivity contribution in [2.24, 2.45) is 5.92 Å². The summed E-state index contributed by atoms with van der Waals surface area (Å²) in [6, 6.07) is 20.4. The van der Waals surface area contributed by atoms with Gasteiger partial charge in [0.2, 0.25) is 5.91 Å². The molecule has 6 rings (SSSR count). The number of fused-ring (bicyclic) bond motifs is 3. The smallest absolute Gasteiger partial charge is 0.228 e.